The van der Waals surface area contributed by atoms with Gasteiger partial charge in [-0.3, -0.25) is 4.79 Å². The lowest BCUT2D eigenvalue weighted by Crippen LogP contribution is -2.49. The van der Waals surface area contributed by atoms with E-state index in [0.717, 1.165) is 24.4 Å². The molecule has 4 rings (SSSR count). The Morgan fingerprint density at radius 3 is 2.64 bits per heavy atom. The van der Waals surface area contributed by atoms with Crippen molar-refractivity contribution in [3.63, 3.8) is 0 Å². The molecule has 8 heteroatoms. The molecule has 1 amide bonds. The van der Waals surface area contributed by atoms with Crippen molar-refractivity contribution in [3.05, 3.63) is 35.8 Å². The standard InChI is InChI=1S/C17H22N6O2/c18-17-20-14(11-8-12(24)9-11)10-15(21-17)22-4-6-23(7-5-22)16(25)13-2-1-3-19-13/h1-3,10-12,19,24H,4-9H2,(H2,18,20,21). The van der Waals surface area contributed by atoms with Crippen LogP contribution < -0.4 is 10.6 Å². The van der Waals surface area contributed by atoms with Gasteiger partial charge in [-0.25, -0.2) is 4.98 Å². The maximum Gasteiger partial charge on any atom is 0.270 e. The summed E-state index contributed by atoms with van der Waals surface area (Å²) < 4.78 is 0. The van der Waals surface area contributed by atoms with Gasteiger partial charge in [0.25, 0.3) is 5.91 Å². The lowest BCUT2D eigenvalue weighted by Gasteiger charge is -2.36. The maximum absolute atomic E-state index is 12.4. The average Bonchev–Trinajstić information content (AvgIpc) is 3.12. The molecule has 0 radical (unpaired) electrons. The van der Waals surface area contributed by atoms with Gasteiger partial charge in [0, 0.05) is 44.4 Å². The number of carbonyl (C=O) groups is 1. The second-order valence-electron chi connectivity index (χ2n) is 6.69. The van der Waals surface area contributed by atoms with Gasteiger partial charge in [0.1, 0.15) is 11.5 Å². The molecule has 0 atom stereocenters. The highest BCUT2D eigenvalue weighted by Crippen LogP contribution is 2.37. The van der Waals surface area contributed by atoms with Crippen molar-refractivity contribution in [3.8, 4) is 0 Å². The van der Waals surface area contributed by atoms with Gasteiger partial charge in [0.15, 0.2) is 0 Å². The highest BCUT2D eigenvalue weighted by molar-refractivity contribution is 5.92. The molecule has 1 saturated carbocycles. The number of aromatic amines is 1. The molecule has 3 heterocycles. The number of H-pyrrole nitrogens is 1. The van der Waals surface area contributed by atoms with Crippen LogP contribution in [0.2, 0.25) is 0 Å². The summed E-state index contributed by atoms with van der Waals surface area (Å²) in [5.74, 6) is 1.35. The molecule has 2 aromatic heterocycles. The quantitative estimate of drug-likeness (QED) is 0.753. The molecule has 132 valence electrons. The largest absolute Gasteiger partial charge is 0.393 e. The lowest BCUT2D eigenvalue weighted by molar-refractivity contribution is 0.0732. The Labute approximate surface area is 145 Å². The van der Waals surface area contributed by atoms with E-state index in [1.807, 2.05) is 17.0 Å². The minimum Gasteiger partial charge on any atom is -0.393 e. The number of nitrogens with one attached hydrogen (secondary N) is 1. The number of hydrogen-bond acceptors (Lipinski definition) is 6. The number of carbonyl (C=O) groups excluding carboxylic acids is 1. The summed E-state index contributed by atoms with van der Waals surface area (Å²) in [5, 5.41) is 9.50. The Morgan fingerprint density at radius 1 is 1.24 bits per heavy atom. The molecule has 2 aromatic rings. The average molecular weight is 342 g/mol. The second kappa shape index (κ2) is 6.36. The van der Waals surface area contributed by atoms with Crippen LogP contribution in [0.1, 0.15) is 34.9 Å². The van der Waals surface area contributed by atoms with E-state index in [2.05, 4.69) is 19.9 Å². The van der Waals surface area contributed by atoms with Crippen molar-refractivity contribution in [1.29, 1.82) is 0 Å². The Morgan fingerprint density at radius 2 is 2.00 bits per heavy atom. The number of nitrogens with zero attached hydrogens (tertiary/aromatic N) is 4. The van der Waals surface area contributed by atoms with Crippen LogP contribution in [0.25, 0.3) is 0 Å². The Balaban J connectivity index is 1.43. The number of hydrogen-bond donors (Lipinski definition) is 3. The highest BCUT2D eigenvalue weighted by Gasteiger charge is 2.31. The fourth-order valence-corrected chi connectivity index (χ4v) is 3.44. The molecular formula is C17H22N6O2. The van der Waals surface area contributed by atoms with Crippen molar-refractivity contribution < 1.29 is 9.90 Å². The van der Waals surface area contributed by atoms with Gasteiger partial charge in [0.05, 0.1) is 11.8 Å². The molecule has 1 aliphatic heterocycles. The Kier molecular flexibility index (Phi) is 4.04. The first-order valence-corrected chi connectivity index (χ1v) is 8.60. The fraction of sp³-hybridized carbons (Fsp3) is 0.471. The smallest absolute Gasteiger partial charge is 0.270 e. The van der Waals surface area contributed by atoms with Crippen molar-refractivity contribution in [2.45, 2.75) is 24.9 Å². The molecule has 0 bridgehead atoms. The van der Waals surface area contributed by atoms with Crippen LogP contribution in [0.3, 0.4) is 0 Å². The van der Waals surface area contributed by atoms with Crippen LogP contribution in [-0.2, 0) is 0 Å². The topological polar surface area (TPSA) is 111 Å². The van der Waals surface area contributed by atoms with Crippen molar-refractivity contribution >= 4 is 17.7 Å². The third-order valence-corrected chi connectivity index (χ3v) is 5.00. The van der Waals surface area contributed by atoms with E-state index < -0.39 is 0 Å². The molecular weight excluding hydrogens is 320 g/mol. The zero-order valence-electron chi connectivity index (χ0n) is 13.9. The minimum atomic E-state index is -0.229. The minimum absolute atomic E-state index is 0.0241. The Bertz CT molecular complexity index is 749. The predicted molar refractivity (Wildman–Crippen MR) is 93.3 cm³/mol. The molecule has 0 aromatic carbocycles. The van der Waals surface area contributed by atoms with Gasteiger partial charge in [-0.15, -0.1) is 0 Å². The van der Waals surface area contributed by atoms with Gasteiger partial charge in [-0.05, 0) is 25.0 Å². The summed E-state index contributed by atoms with van der Waals surface area (Å²) >= 11 is 0. The summed E-state index contributed by atoms with van der Waals surface area (Å²) in [6.45, 7) is 2.68. The van der Waals surface area contributed by atoms with Crippen molar-refractivity contribution in [2.24, 2.45) is 0 Å². The van der Waals surface area contributed by atoms with Crippen molar-refractivity contribution in [1.82, 2.24) is 19.9 Å². The van der Waals surface area contributed by atoms with E-state index in [1.165, 1.54) is 0 Å². The van der Waals surface area contributed by atoms with E-state index in [-0.39, 0.29) is 23.9 Å². The number of rotatable bonds is 3. The third-order valence-electron chi connectivity index (χ3n) is 5.00. The van der Waals surface area contributed by atoms with Gasteiger partial charge in [-0.1, -0.05) is 0 Å². The number of anilines is 2. The first kappa shape index (κ1) is 15.9. The molecule has 1 saturated heterocycles. The van der Waals surface area contributed by atoms with Gasteiger partial charge >= 0.3 is 0 Å². The summed E-state index contributed by atoms with van der Waals surface area (Å²) in [4.78, 5) is 28.0. The summed E-state index contributed by atoms with van der Waals surface area (Å²) in [6, 6.07) is 5.58. The number of aliphatic hydroxyl groups excluding tert-OH is 1. The predicted octanol–water partition coefficient (Wildman–Crippen LogP) is 0.588. The Hall–Kier alpha value is -2.61. The van der Waals surface area contributed by atoms with Crippen LogP contribution in [0, 0.1) is 0 Å². The molecule has 25 heavy (non-hydrogen) atoms. The summed E-state index contributed by atoms with van der Waals surface area (Å²) in [6.07, 6.45) is 2.99. The molecule has 4 N–H and O–H groups in total. The van der Waals surface area contributed by atoms with Crippen molar-refractivity contribution in [2.75, 3.05) is 36.8 Å². The molecule has 0 spiro atoms. The molecule has 1 aliphatic carbocycles. The molecule has 8 nitrogen and oxygen atoms in total. The van der Waals surface area contributed by atoms with Gasteiger partial charge in [-0.2, -0.15) is 4.98 Å². The molecule has 2 aliphatic rings. The van der Waals surface area contributed by atoms with Gasteiger partial charge in [0.2, 0.25) is 5.95 Å². The first-order chi connectivity index (χ1) is 12.1. The number of nitrogens with two attached hydrogens (primary N) is 1. The first-order valence-electron chi connectivity index (χ1n) is 8.60. The summed E-state index contributed by atoms with van der Waals surface area (Å²) in [5.41, 5.74) is 7.39. The van der Waals surface area contributed by atoms with Crippen LogP contribution in [0.5, 0.6) is 0 Å². The van der Waals surface area contributed by atoms with Crippen LogP contribution in [-0.4, -0.2) is 63.1 Å². The number of nitrogen functional groups attached to an aromatic ring is 1. The molecule has 0 unspecified atom stereocenters. The second-order valence-corrected chi connectivity index (χ2v) is 6.69. The number of piperazine rings is 1. The van der Waals surface area contributed by atoms with E-state index in [0.29, 0.717) is 31.9 Å². The van der Waals surface area contributed by atoms with E-state index in [1.54, 1.807) is 12.3 Å². The van der Waals surface area contributed by atoms with E-state index in [9.17, 15) is 9.90 Å². The monoisotopic (exact) mass is 342 g/mol. The SMILES string of the molecule is Nc1nc(C2CC(O)C2)cc(N2CCN(C(=O)c3ccc[nH]3)CC2)n1. The van der Waals surface area contributed by atoms with Gasteiger partial charge < -0.3 is 25.6 Å². The van der Waals surface area contributed by atoms with Crippen LogP contribution >= 0.6 is 0 Å². The molecule has 2 fully saturated rings. The number of aliphatic hydroxyl groups is 1. The van der Waals surface area contributed by atoms with E-state index >= 15 is 0 Å². The highest BCUT2D eigenvalue weighted by atomic mass is 16.3. The zero-order chi connectivity index (χ0) is 17.4. The fourth-order valence-electron chi connectivity index (χ4n) is 3.44. The lowest BCUT2D eigenvalue weighted by atomic mass is 9.80. The number of aromatic nitrogens is 3. The maximum atomic E-state index is 12.4. The normalized spacial score (nSPS) is 23.4. The van der Waals surface area contributed by atoms with E-state index in [4.69, 9.17) is 5.73 Å². The third kappa shape index (κ3) is 3.17. The zero-order valence-corrected chi connectivity index (χ0v) is 13.9. The summed E-state index contributed by atoms with van der Waals surface area (Å²) in [7, 11) is 0. The van der Waals surface area contributed by atoms with Crippen LogP contribution in [0.15, 0.2) is 24.4 Å². The van der Waals surface area contributed by atoms with Crippen LogP contribution in [0.4, 0.5) is 11.8 Å². The number of amides is 1.